The summed E-state index contributed by atoms with van der Waals surface area (Å²) >= 11 is 0. The van der Waals surface area contributed by atoms with Gasteiger partial charge in [0, 0.05) is 24.9 Å². The van der Waals surface area contributed by atoms with Gasteiger partial charge < -0.3 is 14.9 Å². The van der Waals surface area contributed by atoms with Gasteiger partial charge in [0.15, 0.2) is 0 Å². The van der Waals surface area contributed by atoms with Gasteiger partial charge in [-0.15, -0.1) is 0 Å². The number of fused-ring (bicyclic) bond motifs is 8. The molecule has 0 aromatic heterocycles. The number of rotatable bonds is 0. The maximum absolute atomic E-state index is 14.3. The van der Waals surface area contributed by atoms with Crippen LogP contribution in [0.3, 0.4) is 0 Å². The van der Waals surface area contributed by atoms with Crippen molar-refractivity contribution < 1.29 is 18.3 Å². The van der Waals surface area contributed by atoms with Crippen LogP contribution in [-0.2, 0) is 5.41 Å². The molecule has 1 N–H and O–H groups in total. The topological polar surface area (TPSA) is 26.7 Å². The van der Waals surface area contributed by atoms with Gasteiger partial charge in [-0.25, -0.2) is 0 Å². The van der Waals surface area contributed by atoms with Crippen LogP contribution in [0, 0.1) is 10.8 Å². The largest absolute Gasteiger partial charge is 0.507 e. The number of benzene rings is 3. The summed E-state index contributed by atoms with van der Waals surface area (Å²) in [6.45, 7) is 10.5. The summed E-state index contributed by atoms with van der Waals surface area (Å²) in [7, 11) is 2.98. The third kappa shape index (κ3) is 3.01. The Morgan fingerprint density at radius 3 is 1.86 bits per heavy atom. The second-order valence-electron chi connectivity index (χ2n) is 13.3. The van der Waals surface area contributed by atoms with Gasteiger partial charge in [-0.3, -0.25) is 0 Å². The van der Waals surface area contributed by atoms with E-state index in [1.807, 2.05) is 18.2 Å². The lowest BCUT2D eigenvalue weighted by atomic mass is 9.52. The van der Waals surface area contributed by atoms with Crippen molar-refractivity contribution in [2.45, 2.75) is 71.1 Å². The highest BCUT2D eigenvalue weighted by Crippen LogP contribution is 2.65. The van der Waals surface area contributed by atoms with E-state index in [0.29, 0.717) is 16.8 Å². The maximum atomic E-state index is 14.3. The lowest BCUT2D eigenvalue weighted by Crippen LogP contribution is -2.62. The molecule has 3 nitrogen and oxygen atoms in total. The zero-order valence-electron chi connectivity index (χ0n) is 22.6. The third-order valence-electron chi connectivity index (χ3n) is 9.52. The van der Waals surface area contributed by atoms with Crippen LogP contribution in [0.15, 0.2) is 42.5 Å². The Kier molecular flexibility index (Phi) is 4.59. The van der Waals surface area contributed by atoms with Crippen LogP contribution in [0.4, 0.5) is 24.5 Å². The average molecular weight is 509 g/mol. The maximum Gasteiger partial charge on any atom is 0.430 e. The van der Waals surface area contributed by atoms with Gasteiger partial charge in [0.2, 0.25) is 5.66 Å². The Labute approximate surface area is 216 Å². The van der Waals surface area contributed by atoms with E-state index in [4.69, 9.17) is 0 Å². The van der Waals surface area contributed by atoms with Crippen LogP contribution >= 0.6 is 0 Å². The second kappa shape index (κ2) is 6.95. The highest BCUT2D eigenvalue weighted by molar-refractivity contribution is 6.09. The standard InChI is InChI=1S/C31H35F3N2O/c1-27(2)15-28(3,4)17-30(16-27)21-11-9-8-10-18(21)26-20-13-24-23(12-19(20)25(37)14-22(26)30)35(6)29(5,36(24)7)31(32,33)34/h8-14,37H,15-17H2,1-7H3. The number of hydrogen-bond acceptors (Lipinski definition) is 3. The van der Waals surface area contributed by atoms with Crippen molar-refractivity contribution >= 4 is 22.1 Å². The van der Waals surface area contributed by atoms with Crippen molar-refractivity contribution in [2.75, 3.05) is 23.9 Å². The molecule has 1 heterocycles. The first kappa shape index (κ1) is 24.4. The fraction of sp³-hybridized carbons (Fsp3) is 0.484. The molecule has 1 spiro atoms. The Bertz CT molecular complexity index is 1460. The molecular formula is C31H35F3N2O. The monoisotopic (exact) mass is 508 g/mol. The molecule has 6 rings (SSSR count). The Morgan fingerprint density at radius 1 is 0.757 bits per heavy atom. The van der Waals surface area contributed by atoms with E-state index in [1.165, 1.54) is 36.4 Å². The molecule has 0 bridgehead atoms. The van der Waals surface area contributed by atoms with Gasteiger partial charge in [0.25, 0.3) is 0 Å². The molecule has 1 atom stereocenters. The van der Waals surface area contributed by atoms with Gasteiger partial charge >= 0.3 is 6.18 Å². The number of phenols is 1. The van der Waals surface area contributed by atoms with E-state index in [1.54, 1.807) is 6.07 Å². The minimum Gasteiger partial charge on any atom is -0.507 e. The normalized spacial score (nSPS) is 24.9. The summed E-state index contributed by atoms with van der Waals surface area (Å²) in [6.07, 6.45) is -1.45. The van der Waals surface area contributed by atoms with Crippen molar-refractivity contribution in [2.24, 2.45) is 10.8 Å². The molecule has 0 radical (unpaired) electrons. The number of phenolic OH excluding ortho intramolecular Hbond substituents is 1. The predicted octanol–water partition coefficient (Wildman–Crippen LogP) is 8.21. The molecule has 2 aliphatic carbocycles. The predicted molar refractivity (Wildman–Crippen MR) is 145 cm³/mol. The van der Waals surface area contributed by atoms with Crippen molar-refractivity contribution in [3.8, 4) is 16.9 Å². The summed E-state index contributed by atoms with van der Waals surface area (Å²) in [4.78, 5) is 2.59. The van der Waals surface area contributed by atoms with Crippen LogP contribution in [-0.4, -0.2) is 31.0 Å². The van der Waals surface area contributed by atoms with E-state index >= 15 is 0 Å². The Hall–Kier alpha value is -2.89. The van der Waals surface area contributed by atoms with E-state index in [2.05, 4.69) is 45.9 Å². The van der Waals surface area contributed by atoms with Crippen molar-refractivity contribution in [3.63, 3.8) is 0 Å². The first-order valence-corrected chi connectivity index (χ1v) is 13.0. The zero-order valence-corrected chi connectivity index (χ0v) is 22.6. The molecule has 1 saturated carbocycles. The molecular weight excluding hydrogens is 473 g/mol. The van der Waals surface area contributed by atoms with Gasteiger partial charge in [-0.05, 0) is 82.9 Å². The first-order chi connectivity index (χ1) is 17.0. The lowest BCUT2D eigenvalue weighted by Gasteiger charge is -2.51. The molecule has 1 fully saturated rings. The first-order valence-electron chi connectivity index (χ1n) is 13.0. The quantitative estimate of drug-likeness (QED) is 0.331. The van der Waals surface area contributed by atoms with Gasteiger partial charge in [0.05, 0.1) is 11.4 Å². The number of nitrogens with zero attached hydrogens (tertiary/aromatic N) is 2. The van der Waals surface area contributed by atoms with Crippen LogP contribution < -0.4 is 9.80 Å². The van der Waals surface area contributed by atoms with Crippen LogP contribution in [0.5, 0.6) is 5.75 Å². The fourth-order valence-corrected chi connectivity index (χ4v) is 8.47. The number of alkyl halides is 3. The zero-order chi connectivity index (χ0) is 26.9. The highest BCUT2D eigenvalue weighted by atomic mass is 19.4. The van der Waals surface area contributed by atoms with Gasteiger partial charge in [-0.1, -0.05) is 52.0 Å². The molecule has 37 heavy (non-hydrogen) atoms. The lowest BCUT2D eigenvalue weighted by molar-refractivity contribution is -0.178. The number of aromatic hydroxyl groups is 1. The molecule has 1 aliphatic heterocycles. The van der Waals surface area contributed by atoms with Gasteiger partial charge in [0.1, 0.15) is 5.75 Å². The SMILES string of the molecule is CN1c2cc3c(O)cc4c(c3cc2N(C)C1(C)C(F)(F)F)-c1ccccc1C41CC(C)(C)CC(C)(C)C1. The fourth-order valence-electron chi connectivity index (χ4n) is 8.47. The molecule has 0 saturated heterocycles. The minimum absolute atomic E-state index is 0.0937. The number of halogens is 3. The smallest absolute Gasteiger partial charge is 0.430 e. The molecule has 3 aromatic rings. The van der Waals surface area contributed by atoms with E-state index in [9.17, 15) is 18.3 Å². The van der Waals surface area contributed by atoms with Crippen molar-refractivity contribution in [1.82, 2.24) is 0 Å². The summed E-state index contributed by atoms with van der Waals surface area (Å²) in [6, 6.07) is 14.0. The van der Waals surface area contributed by atoms with E-state index in [0.717, 1.165) is 41.3 Å². The summed E-state index contributed by atoms with van der Waals surface area (Å²) in [5, 5.41) is 12.8. The summed E-state index contributed by atoms with van der Waals surface area (Å²) < 4.78 is 42.9. The van der Waals surface area contributed by atoms with Crippen LogP contribution in [0.25, 0.3) is 21.9 Å². The van der Waals surface area contributed by atoms with Crippen molar-refractivity contribution in [3.05, 3.63) is 53.6 Å². The number of anilines is 2. The van der Waals surface area contributed by atoms with Crippen molar-refractivity contribution in [1.29, 1.82) is 0 Å². The second-order valence-corrected chi connectivity index (χ2v) is 13.3. The van der Waals surface area contributed by atoms with E-state index in [-0.39, 0.29) is 22.0 Å². The van der Waals surface area contributed by atoms with E-state index < -0.39 is 11.8 Å². The molecule has 3 aliphatic rings. The molecule has 1 unspecified atom stereocenters. The number of hydrogen-bond donors (Lipinski definition) is 1. The molecule has 3 aromatic carbocycles. The summed E-state index contributed by atoms with van der Waals surface area (Å²) in [5.74, 6) is 0.126. The highest BCUT2D eigenvalue weighted by Gasteiger charge is 2.61. The van der Waals surface area contributed by atoms with Crippen LogP contribution in [0.2, 0.25) is 0 Å². The Morgan fingerprint density at radius 2 is 1.30 bits per heavy atom. The van der Waals surface area contributed by atoms with Gasteiger partial charge in [-0.2, -0.15) is 13.2 Å². The molecule has 6 heteroatoms. The Balaban J connectivity index is 1.68. The molecule has 196 valence electrons. The van der Waals surface area contributed by atoms with Crippen LogP contribution in [0.1, 0.15) is 65.0 Å². The average Bonchev–Trinajstić information content (AvgIpc) is 3.13. The third-order valence-corrected chi connectivity index (χ3v) is 9.52. The molecule has 0 amide bonds. The summed E-state index contributed by atoms with van der Waals surface area (Å²) in [5.41, 5.74) is 3.28. The minimum atomic E-state index is -4.47.